The zero-order valence-electron chi connectivity index (χ0n) is 10.4. The first-order valence-electron chi connectivity index (χ1n) is 5.48. The summed E-state index contributed by atoms with van der Waals surface area (Å²) < 4.78 is 36.6. The van der Waals surface area contributed by atoms with Crippen LogP contribution in [0.5, 0.6) is 0 Å². The Balaban J connectivity index is 2.88. The van der Waals surface area contributed by atoms with Gasteiger partial charge in [0, 0.05) is 4.90 Å². The molecule has 0 aliphatic carbocycles. The van der Waals surface area contributed by atoms with Gasteiger partial charge in [-0.05, 0) is 31.5 Å². The van der Waals surface area contributed by atoms with Crippen molar-refractivity contribution in [2.75, 3.05) is 11.1 Å². The Morgan fingerprint density at radius 1 is 1.47 bits per heavy atom. The van der Waals surface area contributed by atoms with Gasteiger partial charge in [0.05, 0.1) is 11.4 Å². The van der Waals surface area contributed by atoms with E-state index < -0.39 is 23.9 Å². The number of halogens is 3. The summed E-state index contributed by atoms with van der Waals surface area (Å²) in [4.78, 5) is 11.7. The van der Waals surface area contributed by atoms with Gasteiger partial charge in [0.25, 0.3) is 5.91 Å². The number of aliphatic hydroxyl groups excluding tert-OH is 1. The third-order valence-electron chi connectivity index (χ3n) is 2.16. The summed E-state index contributed by atoms with van der Waals surface area (Å²) in [6.07, 6.45) is -5.50. The van der Waals surface area contributed by atoms with Crippen molar-refractivity contribution in [2.24, 2.45) is 0 Å². The molecule has 0 fully saturated rings. The molecule has 0 bridgehead atoms. The lowest BCUT2D eigenvalue weighted by Crippen LogP contribution is -2.24. The number of alkyl halides is 3. The van der Waals surface area contributed by atoms with Crippen LogP contribution in [0.3, 0.4) is 0 Å². The molecule has 1 unspecified atom stereocenters. The van der Waals surface area contributed by atoms with Crippen LogP contribution in [0, 0.1) is 6.92 Å². The van der Waals surface area contributed by atoms with Crippen LogP contribution >= 0.6 is 11.8 Å². The minimum absolute atomic E-state index is 0.278. The van der Waals surface area contributed by atoms with Crippen LogP contribution < -0.4 is 5.32 Å². The van der Waals surface area contributed by atoms with Gasteiger partial charge in [-0.3, -0.25) is 4.79 Å². The number of aryl methyl sites for hydroxylation is 1. The summed E-state index contributed by atoms with van der Waals surface area (Å²) in [5.74, 6) is -1.69. The minimum Gasteiger partial charge on any atom is -0.384 e. The van der Waals surface area contributed by atoms with E-state index in [0.717, 1.165) is 5.56 Å². The average molecular weight is 293 g/mol. The van der Waals surface area contributed by atoms with Gasteiger partial charge in [-0.15, -0.1) is 11.8 Å². The number of hydrogen-bond donors (Lipinski definition) is 2. The summed E-state index contributed by atoms with van der Waals surface area (Å²) in [6, 6.07) is 4.75. The maximum atomic E-state index is 12.2. The third kappa shape index (κ3) is 5.52. The van der Waals surface area contributed by atoms with Gasteiger partial charge in [0.15, 0.2) is 0 Å². The van der Waals surface area contributed by atoms with Crippen LogP contribution in [-0.2, 0) is 4.79 Å². The molecule has 0 radical (unpaired) electrons. The quantitative estimate of drug-likeness (QED) is 0.839. The molecule has 0 aliphatic rings. The molecule has 0 saturated heterocycles. The molecule has 1 aromatic rings. The van der Waals surface area contributed by atoms with E-state index in [4.69, 9.17) is 5.11 Å². The number of carbonyl (C=O) groups is 1. The number of benzene rings is 1. The predicted molar refractivity (Wildman–Crippen MR) is 68.3 cm³/mol. The maximum Gasteiger partial charge on any atom is 0.398 e. The van der Waals surface area contributed by atoms with Crippen LogP contribution in [0.4, 0.5) is 18.9 Å². The first kappa shape index (κ1) is 15.8. The Morgan fingerprint density at radius 2 is 2.11 bits per heavy atom. The molecule has 1 aromatic carbocycles. The van der Waals surface area contributed by atoms with E-state index in [1.165, 1.54) is 13.0 Å². The fourth-order valence-corrected chi connectivity index (χ4v) is 2.01. The number of amides is 1. The average Bonchev–Trinajstić information content (AvgIpc) is 2.26. The van der Waals surface area contributed by atoms with Gasteiger partial charge < -0.3 is 10.4 Å². The number of aliphatic hydroxyl groups is 1. The normalized spacial score (nSPS) is 13.2. The Hall–Kier alpha value is -1.21. The van der Waals surface area contributed by atoms with E-state index in [9.17, 15) is 18.0 Å². The van der Waals surface area contributed by atoms with E-state index in [1.807, 2.05) is 0 Å². The smallest absolute Gasteiger partial charge is 0.384 e. The van der Waals surface area contributed by atoms with Gasteiger partial charge in [-0.25, -0.2) is 0 Å². The summed E-state index contributed by atoms with van der Waals surface area (Å²) in [5, 5.41) is 11.5. The number of nitrogens with one attached hydrogen (secondary N) is 1. The summed E-state index contributed by atoms with van der Waals surface area (Å²) >= 11 is 0.595. The molecule has 0 aromatic heterocycles. The topological polar surface area (TPSA) is 49.3 Å². The van der Waals surface area contributed by atoms with Crippen molar-refractivity contribution in [2.45, 2.75) is 31.0 Å². The molecular formula is C12H14F3NO2S. The number of hydrogen-bond acceptors (Lipinski definition) is 3. The second kappa shape index (κ2) is 6.29. The zero-order valence-corrected chi connectivity index (χ0v) is 11.2. The van der Waals surface area contributed by atoms with Crippen LogP contribution in [0.2, 0.25) is 0 Å². The molecule has 0 saturated carbocycles. The number of thioether (sulfide) groups is 1. The lowest BCUT2D eigenvalue weighted by Gasteiger charge is -2.13. The van der Waals surface area contributed by atoms with Crippen LogP contribution in [0.1, 0.15) is 12.5 Å². The lowest BCUT2D eigenvalue weighted by atomic mass is 10.2. The van der Waals surface area contributed by atoms with E-state index >= 15 is 0 Å². The van der Waals surface area contributed by atoms with E-state index in [-0.39, 0.29) is 5.69 Å². The molecule has 19 heavy (non-hydrogen) atoms. The highest BCUT2D eigenvalue weighted by Gasteiger charge is 2.27. The van der Waals surface area contributed by atoms with Crippen molar-refractivity contribution in [1.29, 1.82) is 0 Å². The van der Waals surface area contributed by atoms with E-state index in [1.54, 1.807) is 19.1 Å². The van der Waals surface area contributed by atoms with E-state index in [0.29, 0.717) is 16.7 Å². The maximum absolute atomic E-state index is 12.2. The Bertz CT molecular complexity index is 461. The molecule has 106 valence electrons. The fraction of sp³-hybridized carbons (Fsp3) is 0.417. The highest BCUT2D eigenvalue weighted by molar-refractivity contribution is 7.99. The van der Waals surface area contributed by atoms with Crippen molar-refractivity contribution in [3.8, 4) is 0 Å². The van der Waals surface area contributed by atoms with Crippen molar-refractivity contribution in [1.82, 2.24) is 0 Å². The first-order valence-corrected chi connectivity index (χ1v) is 6.47. The monoisotopic (exact) mass is 293 g/mol. The highest BCUT2D eigenvalue weighted by atomic mass is 32.2. The molecule has 7 heteroatoms. The molecule has 1 atom stereocenters. The van der Waals surface area contributed by atoms with Gasteiger partial charge in [-0.1, -0.05) is 6.07 Å². The largest absolute Gasteiger partial charge is 0.398 e. The van der Waals surface area contributed by atoms with Crippen molar-refractivity contribution < 1.29 is 23.1 Å². The second-order valence-electron chi connectivity index (χ2n) is 4.07. The number of rotatable bonds is 4. The minimum atomic E-state index is -4.28. The predicted octanol–water partition coefficient (Wildman–Crippen LogP) is 2.97. The number of carbonyl (C=O) groups excluding carboxylic acids is 1. The summed E-state index contributed by atoms with van der Waals surface area (Å²) in [6.45, 7) is 3.05. The first-order chi connectivity index (χ1) is 8.69. The Kier molecular flexibility index (Phi) is 5.25. The second-order valence-corrected chi connectivity index (χ2v) is 5.09. The summed E-state index contributed by atoms with van der Waals surface area (Å²) in [5.41, 5.74) is 1.08. The molecule has 3 nitrogen and oxygen atoms in total. The Labute approximate surface area is 113 Å². The zero-order chi connectivity index (χ0) is 14.6. The van der Waals surface area contributed by atoms with Crippen molar-refractivity contribution in [3.63, 3.8) is 0 Å². The molecule has 1 amide bonds. The molecule has 0 heterocycles. The van der Waals surface area contributed by atoms with Gasteiger partial charge in [0.1, 0.15) is 6.10 Å². The standard InChI is InChI=1S/C12H14F3NO2S/c1-7-3-4-10(19-6-12(13,14)15)9(5-7)16-11(18)8(2)17/h3-5,8,17H,6H2,1-2H3,(H,16,18). The fourth-order valence-electron chi connectivity index (χ4n) is 1.26. The third-order valence-corrected chi connectivity index (χ3v) is 3.30. The van der Waals surface area contributed by atoms with Crippen LogP contribution in [0.15, 0.2) is 23.1 Å². The molecule has 2 N–H and O–H groups in total. The number of anilines is 1. The summed E-state index contributed by atoms with van der Waals surface area (Å²) in [7, 11) is 0. The SMILES string of the molecule is Cc1ccc(SCC(F)(F)F)c(NC(=O)C(C)O)c1. The molecular weight excluding hydrogens is 279 g/mol. The van der Waals surface area contributed by atoms with Gasteiger partial charge >= 0.3 is 6.18 Å². The van der Waals surface area contributed by atoms with Crippen LogP contribution in [-0.4, -0.2) is 29.0 Å². The molecule has 0 spiro atoms. The van der Waals surface area contributed by atoms with Crippen LogP contribution in [0.25, 0.3) is 0 Å². The van der Waals surface area contributed by atoms with E-state index in [2.05, 4.69) is 5.32 Å². The molecule has 0 aliphatic heterocycles. The Morgan fingerprint density at radius 3 is 2.63 bits per heavy atom. The van der Waals surface area contributed by atoms with Crippen molar-refractivity contribution >= 4 is 23.4 Å². The van der Waals surface area contributed by atoms with Gasteiger partial charge in [-0.2, -0.15) is 13.2 Å². The molecule has 1 rings (SSSR count). The van der Waals surface area contributed by atoms with Gasteiger partial charge in [0.2, 0.25) is 0 Å². The van der Waals surface area contributed by atoms with Crippen molar-refractivity contribution in [3.05, 3.63) is 23.8 Å². The highest BCUT2D eigenvalue weighted by Crippen LogP contribution is 2.32. The lowest BCUT2D eigenvalue weighted by molar-refractivity contribution is -0.123.